The summed E-state index contributed by atoms with van der Waals surface area (Å²) in [5, 5.41) is 0.573. The molecule has 0 N–H and O–H groups in total. The Morgan fingerprint density at radius 2 is 2.12 bits per heavy atom. The van der Waals surface area contributed by atoms with E-state index in [1.165, 1.54) is 0 Å². The first-order chi connectivity index (χ1) is 3.66. The number of rotatable bonds is 1. The lowest BCUT2D eigenvalue weighted by molar-refractivity contribution is 1.52. The molecular weight excluding hydrogens is 145 g/mol. The van der Waals surface area contributed by atoms with Gasteiger partial charge in [-0.15, -0.1) is 0 Å². The average Bonchev–Trinajstić information content (AvgIpc) is 1.65. The van der Waals surface area contributed by atoms with Gasteiger partial charge in [-0.2, -0.15) is 0 Å². The maximum Gasteiger partial charge on any atom is 0.172 e. The van der Waals surface area contributed by atoms with Crippen LogP contribution >= 0.6 is 23.2 Å². The molecule has 0 aromatic carbocycles. The Morgan fingerprint density at radius 1 is 1.62 bits per heavy atom. The molecule has 3 heteroatoms. The monoisotopic (exact) mass is 149 g/mol. The molecule has 44 valence electrons. The van der Waals surface area contributed by atoms with Gasteiger partial charge in [0, 0.05) is 0 Å². The predicted molar refractivity (Wildman–Crippen MR) is 37.5 cm³/mol. The van der Waals surface area contributed by atoms with E-state index in [0.29, 0.717) is 5.17 Å². The van der Waals surface area contributed by atoms with Crippen LogP contribution in [0.1, 0.15) is 6.92 Å². The Balaban J connectivity index is 4.11. The average molecular weight is 150 g/mol. The van der Waals surface area contributed by atoms with Crippen molar-refractivity contribution in [3.63, 3.8) is 0 Å². The maximum absolute atomic E-state index is 5.33. The van der Waals surface area contributed by atoms with Gasteiger partial charge in [-0.3, -0.25) is 0 Å². The van der Waals surface area contributed by atoms with Crippen molar-refractivity contribution in [1.29, 1.82) is 0 Å². The maximum atomic E-state index is 5.33. The molecule has 0 heterocycles. The van der Waals surface area contributed by atoms with E-state index in [1.807, 2.05) is 0 Å². The summed E-state index contributed by atoms with van der Waals surface area (Å²) < 4.78 is 0. The highest BCUT2D eigenvalue weighted by molar-refractivity contribution is 6.65. The molecule has 8 heavy (non-hydrogen) atoms. The van der Waals surface area contributed by atoms with Crippen LogP contribution in [0.4, 0.5) is 0 Å². The largest absolute Gasteiger partial charge is 0.221 e. The van der Waals surface area contributed by atoms with Crippen molar-refractivity contribution < 1.29 is 0 Å². The topological polar surface area (TPSA) is 12.4 Å². The fourth-order valence-electron chi connectivity index (χ4n) is 0.175. The summed E-state index contributed by atoms with van der Waals surface area (Å²) in [4.78, 5) is 3.59. The Morgan fingerprint density at radius 3 is 2.25 bits per heavy atom. The number of hydrogen-bond donors (Lipinski definition) is 0. The summed E-state index contributed by atoms with van der Waals surface area (Å²) in [5.41, 5.74) is 2.36. The third-order valence-corrected chi connectivity index (χ3v) is 0.701. The molecule has 0 aliphatic carbocycles. The van der Waals surface area contributed by atoms with Crippen molar-refractivity contribution in [2.75, 3.05) is 0 Å². The molecule has 0 spiro atoms. The Labute approximate surface area is 58.3 Å². The van der Waals surface area contributed by atoms with Crippen molar-refractivity contribution in [1.82, 2.24) is 0 Å². The minimum atomic E-state index is 0.192. The molecule has 0 aliphatic rings. The SMILES string of the molecule is C=C=C(Cl)/N=C(\C)Cl. The van der Waals surface area contributed by atoms with E-state index < -0.39 is 0 Å². The van der Waals surface area contributed by atoms with Crippen LogP contribution in [0.3, 0.4) is 0 Å². The summed E-state index contributed by atoms with van der Waals surface area (Å²) >= 11 is 10.7. The predicted octanol–water partition coefficient (Wildman–Crippen LogP) is 2.51. The van der Waals surface area contributed by atoms with Crippen LogP contribution in [0.15, 0.2) is 22.5 Å². The second-order valence-electron chi connectivity index (χ2n) is 1.08. The zero-order valence-electron chi connectivity index (χ0n) is 4.41. The second-order valence-corrected chi connectivity index (χ2v) is 1.98. The van der Waals surface area contributed by atoms with E-state index in [2.05, 4.69) is 17.3 Å². The van der Waals surface area contributed by atoms with E-state index in [-0.39, 0.29) is 5.16 Å². The lowest BCUT2D eigenvalue weighted by atomic mass is 10.8. The van der Waals surface area contributed by atoms with Crippen LogP contribution < -0.4 is 0 Å². The highest BCUT2D eigenvalue weighted by atomic mass is 35.5. The first-order valence-electron chi connectivity index (χ1n) is 1.93. The van der Waals surface area contributed by atoms with E-state index in [1.54, 1.807) is 6.92 Å². The molecular formula is C5H5Cl2N. The van der Waals surface area contributed by atoms with Crippen molar-refractivity contribution in [3.8, 4) is 0 Å². The highest BCUT2D eigenvalue weighted by Crippen LogP contribution is 2.00. The molecule has 0 radical (unpaired) electrons. The molecule has 0 fully saturated rings. The Hall–Kier alpha value is -0.230. The lowest BCUT2D eigenvalue weighted by Gasteiger charge is -1.81. The van der Waals surface area contributed by atoms with Crippen molar-refractivity contribution in [2.24, 2.45) is 4.99 Å². The number of nitrogens with zero attached hydrogens (tertiary/aromatic N) is 1. The molecule has 1 nitrogen and oxygen atoms in total. The van der Waals surface area contributed by atoms with Crippen LogP contribution in [0.25, 0.3) is 0 Å². The molecule has 0 amide bonds. The van der Waals surface area contributed by atoms with Gasteiger partial charge in [0.25, 0.3) is 0 Å². The Kier molecular flexibility index (Phi) is 3.63. The zero-order valence-corrected chi connectivity index (χ0v) is 5.92. The van der Waals surface area contributed by atoms with Gasteiger partial charge in [0.05, 0.1) is 0 Å². The number of aliphatic imine (C=N–C) groups is 1. The minimum Gasteiger partial charge on any atom is -0.221 e. The fraction of sp³-hybridized carbons (Fsp3) is 0.200. The molecule has 0 unspecified atom stereocenters. The molecule has 0 aromatic rings. The summed E-state index contributed by atoms with van der Waals surface area (Å²) in [6.07, 6.45) is 0. The quantitative estimate of drug-likeness (QED) is 0.309. The van der Waals surface area contributed by atoms with Crippen molar-refractivity contribution in [3.05, 3.63) is 17.5 Å². The Bertz CT molecular complexity index is 150. The van der Waals surface area contributed by atoms with Gasteiger partial charge in [0.2, 0.25) is 0 Å². The van der Waals surface area contributed by atoms with Gasteiger partial charge in [0.15, 0.2) is 5.16 Å². The van der Waals surface area contributed by atoms with Crippen LogP contribution in [-0.2, 0) is 0 Å². The summed E-state index contributed by atoms with van der Waals surface area (Å²) in [6.45, 7) is 4.88. The third kappa shape index (κ3) is 3.94. The second kappa shape index (κ2) is 3.73. The lowest BCUT2D eigenvalue weighted by Crippen LogP contribution is -1.72. The molecule has 0 bridgehead atoms. The molecule has 0 saturated carbocycles. The molecule has 0 rings (SSSR count). The standard InChI is InChI=1S/C5H5Cl2N/c1-3-5(7)8-4(2)6/h1H2,2H3/b8-4+. The molecule has 0 saturated heterocycles. The molecule has 0 aromatic heterocycles. The van der Waals surface area contributed by atoms with Crippen molar-refractivity contribution >= 4 is 28.4 Å². The van der Waals surface area contributed by atoms with Gasteiger partial charge in [-0.25, -0.2) is 4.99 Å². The van der Waals surface area contributed by atoms with Crippen LogP contribution in [-0.4, -0.2) is 5.17 Å². The van der Waals surface area contributed by atoms with Crippen LogP contribution in [0.5, 0.6) is 0 Å². The van der Waals surface area contributed by atoms with E-state index in [0.717, 1.165) is 0 Å². The van der Waals surface area contributed by atoms with Crippen LogP contribution in [0.2, 0.25) is 0 Å². The highest BCUT2D eigenvalue weighted by Gasteiger charge is 1.82. The first kappa shape index (κ1) is 7.77. The number of halogens is 2. The minimum absolute atomic E-state index is 0.192. The molecule has 0 aliphatic heterocycles. The van der Waals surface area contributed by atoms with Gasteiger partial charge >= 0.3 is 0 Å². The van der Waals surface area contributed by atoms with E-state index in [4.69, 9.17) is 23.2 Å². The van der Waals surface area contributed by atoms with Gasteiger partial charge < -0.3 is 0 Å². The summed E-state index contributed by atoms with van der Waals surface area (Å²) in [6, 6.07) is 0. The van der Waals surface area contributed by atoms with E-state index >= 15 is 0 Å². The third-order valence-electron chi connectivity index (χ3n) is 0.398. The van der Waals surface area contributed by atoms with Gasteiger partial charge in [-0.05, 0) is 6.92 Å². The first-order valence-corrected chi connectivity index (χ1v) is 2.68. The zero-order chi connectivity index (χ0) is 6.57. The van der Waals surface area contributed by atoms with Crippen molar-refractivity contribution in [2.45, 2.75) is 6.92 Å². The van der Waals surface area contributed by atoms with E-state index in [9.17, 15) is 0 Å². The summed E-state index contributed by atoms with van der Waals surface area (Å²) in [5.74, 6) is 0. The smallest absolute Gasteiger partial charge is 0.172 e. The fourth-order valence-corrected chi connectivity index (χ4v) is 0.429. The van der Waals surface area contributed by atoms with Gasteiger partial charge in [0.1, 0.15) is 5.17 Å². The summed E-state index contributed by atoms with van der Waals surface area (Å²) in [7, 11) is 0. The normalized spacial score (nSPS) is 10.6. The molecule has 0 atom stereocenters. The van der Waals surface area contributed by atoms with Gasteiger partial charge in [-0.1, -0.05) is 35.5 Å². The van der Waals surface area contributed by atoms with Crippen LogP contribution in [0, 0.1) is 0 Å². The number of hydrogen-bond acceptors (Lipinski definition) is 1.